The van der Waals surface area contributed by atoms with Crippen LogP contribution >= 0.6 is 0 Å². The van der Waals surface area contributed by atoms with Crippen LogP contribution in [0.2, 0.25) is 0 Å². The predicted octanol–water partition coefficient (Wildman–Crippen LogP) is 2.15. The molecule has 1 spiro atoms. The molecule has 1 aromatic rings. The van der Waals surface area contributed by atoms with Crippen molar-refractivity contribution in [1.29, 1.82) is 0 Å². The zero-order valence-electron chi connectivity index (χ0n) is 16.7. The first-order valence-electron chi connectivity index (χ1n) is 11.2. The molecule has 8 rings (SSSR count). The molecule has 29 heavy (non-hydrogen) atoms. The van der Waals surface area contributed by atoms with Crippen LogP contribution in [-0.2, 0) is 4.79 Å². The summed E-state index contributed by atoms with van der Waals surface area (Å²) in [4.78, 5) is 28.4. The maximum absolute atomic E-state index is 13.2. The molecule has 154 valence electrons. The van der Waals surface area contributed by atoms with Crippen LogP contribution in [0.1, 0.15) is 48.9 Å². The van der Waals surface area contributed by atoms with Gasteiger partial charge in [0.25, 0.3) is 5.91 Å². The van der Waals surface area contributed by atoms with Crippen molar-refractivity contribution < 1.29 is 14.3 Å². The van der Waals surface area contributed by atoms with Gasteiger partial charge in [-0.25, -0.2) is 0 Å². The first-order chi connectivity index (χ1) is 14.1. The van der Waals surface area contributed by atoms with Crippen LogP contribution in [0.3, 0.4) is 0 Å². The molecule has 2 amide bonds. The summed E-state index contributed by atoms with van der Waals surface area (Å²) in [5.41, 5.74) is -0.0305. The summed E-state index contributed by atoms with van der Waals surface area (Å²) in [5.74, 6) is 2.01. The summed E-state index contributed by atoms with van der Waals surface area (Å²) in [6.07, 6.45) is 6.02. The summed E-state index contributed by atoms with van der Waals surface area (Å²) >= 11 is 0. The van der Waals surface area contributed by atoms with Crippen molar-refractivity contribution in [3.05, 3.63) is 29.8 Å². The molecule has 3 saturated carbocycles. The SMILES string of the molecule is O=C1N[C@]2(C[C@@H]3CC[C@@H]2C[C@@H]3C(=O)N[C@@H]2CN3CCC2CC3)Oc2ccccc21. The molecular weight excluding hydrogens is 366 g/mol. The third-order valence-electron chi connectivity index (χ3n) is 8.29. The van der Waals surface area contributed by atoms with Gasteiger partial charge in [-0.05, 0) is 69.2 Å². The Balaban J connectivity index is 1.18. The lowest BCUT2D eigenvalue weighted by Crippen LogP contribution is -2.67. The Labute approximate surface area is 171 Å². The number of ether oxygens (including phenoxy) is 1. The van der Waals surface area contributed by atoms with Crippen LogP contribution in [0.25, 0.3) is 0 Å². The first-order valence-corrected chi connectivity index (χ1v) is 11.2. The van der Waals surface area contributed by atoms with Gasteiger partial charge in [0, 0.05) is 30.8 Å². The second kappa shape index (κ2) is 6.46. The predicted molar refractivity (Wildman–Crippen MR) is 107 cm³/mol. The number of rotatable bonds is 2. The van der Waals surface area contributed by atoms with Gasteiger partial charge in [-0.1, -0.05) is 12.1 Å². The molecule has 6 heteroatoms. The Morgan fingerprint density at radius 3 is 2.69 bits per heavy atom. The van der Waals surface area contributed by atoms with E-state index >= 15 is 0 Å². The van der Waals surface area contributed by atoms with Crippen molar-refractivity contribution in [2.45, 2.75) is 50.3 Å². The quantitative estimate of drug-likeness (QED) is 0.805. The zero-order valence-corrected chi connectivity index (χ0v) is 16.7. The van der Waals surface area contributed by atoms with E-state index in [-0.39, 0.29) is 29.6 Å². The van der Waals surface area contributed by atoms with Gasteiger partial charge in [0.05, 0.1) is 5.56 Å². The number of piperidine rings is 3. The molecule has 0 aromatic heterocycles. The highest BCUT2D eigenvalue weighted by atomic mass is 16.5. The molecule has 4 aliphatic heterocycles. The van der Waals surface area contributed by atoms with Gasteiger partial charge < -0.3 is 20.3 Å². The van der Waals surface area contributed by atoms with Gasteiger partial charge in [0.15, 0.2) is 5.72 Å². The number of nitrogens with zero attached hydrogens (tertiary/aromatic N) is 1. The first kappa shape index (κ1) is 17.8. The molecule has 6 fully saturated rings. The number of para-hydroxylation sites is 1. The molecule has 2 N–H and O–H groups in total. The molecule has 6 nitrogen and oxygen atoms in total. The zero-order chi connectivity index (χ0) is 19.6. The lowest BCUT2D eigenvalue weighted by Gasteiger charge is -2.55. The van der Waals surface area contributed by atoms with Gasteiger partial charge in [-0.2, -0.15) is 0 Å². The van der Waals surface area contributed by atoms with Crippen molar-refractivity contribution in [3.8, 4) is 5.75 Å². The fourth-order valence-electron chi connectivity index (χ4n) is 6.70. The third kappa shape index (κ3) is 2.79. The maximum atomic E-state index is 13.2. The lowest BCUT2D eigenvalue weighted by molar-refractivity contribution is -0.148. The van der Waals surface area contributed by atoms with Gasteiger partial charge >= 0.3 is 0 Å². The highest BCUT2D eigenvalue weighted by Gasteiger charge is 2.57. The molecule has 0 radical (unpaired) electrons. The highest BCUT2D eigenvalue weighted by Crippen LogP contribution is 2.52. The largest absolute Gasteiger partial charge is 0.467 e. The summed E-state index contributed by atoms with van der Waals surface area (Å²) < 4.78 is 6.41. The smallest absolute Gasteiger partial charge is 0.258 e. The standard InChI is InChI=1S/C23H29N3O3/c27-21(24-19-13-26-9-7-14(19)8-10-26)18-11-16-6-5-15(18)12-23(16)25-22(28)17-3-1-2-4-20(17)29-23/h1-4,14-16,18-19H,5-13H2,(H,24,27)(H,25,28)/t15-,16+,18-,19+,23+/m0/s1. The minimum Gasteiger partial charge on any atom is -0.467 e. The topological polar surface area (TPSA) is 70.7 Å². The van der Waals surface area contributed by atoms with Crippen molar-refractivity contribution >= 4 is 11.8 Å². The van der Waals surface area contributed by atoms with Crippen molar-refractivity contribution in [2.75, 3.05) is 19.6 Å². The summed E-state index contributed by atoms with van der Waals surface area (Å²) in [6.45, 7) is 3.38. The average Bonchev–Trinajstić information content (AvgIpc) is 2.75. The fourth-order valence-corrected chi connectivity index (χ4v) is 6.70. The molecule has 7 aliphatic rings. The Kier molecular flexibility index (Phi) is 3.95. The molecular formula is C23H29N3O3. The van der Waals surface area contributed by atoms with Crippen LogP contribution < -0.4 is 15.4 Å². The van der Waals surface area contributed by atoms with Crippen molar-refractivity contribution in [1.82, 2.24) is 15.5 Å². The van der Waals surface area contributed by atoms with Gasteiger partial charge in [0.2, 0.25) is 5.91 Å². The Hall–Kier alpha value is -2.08. The van der Waals surface area contributed by atoms with E-state index in [9.17, 15) is 9.59 Å². The molecule has 1 aromatic carbocycles. The van der Waals surface area contributed by atoms with E-state index in [2.05, 4.69) is 15.5 Å². The molecule has 3 saturated heterocycles. The van der Waals surface area contributed by atoms with Gasteiger partial charge in [-0.3, -0.25) is 9.59 Å². The van der Waals surface area contributed by atoms with Crippen LogP contribution in [0.4, 0.5) is 0 Å². The summed E-state index contributed by atoms with van der Waals surface area (Å²) in [5, 5.41) is 6.59. The monoisotopic (exact) mass is 395 g/mol. The van der Waals surface area contributed by atoms with E-state index in [0.29, 0.717) is 23.3 Å². The third-order valence-corrected chi connectivity index (χ3v) is 8.29. The Bertz CT molecular complexity index is 850. The van der Waals surface area contributed by atoms with E-state index < -0.39 is 5.72 Å². The fraction of sp³-hybridized carbons (Fsp3) is 0.652. The number of benzene rings is 1. The number of amides is 2. The minimum absolute atomic E-state index is 0.0484. The Morgan fingerprint density at radius 1 is 1.14 bits per heavy atom. The van der Waals surface area contributed by atoms with E-state index in [0.717, 1.165) is 32.2 Å². The summed E-state index contributed by atoms with van der Waals surface area (Å²) in [6, 6.07) is 7.79. The molecule has 3 aliphatic carbocycles. The molecule has 0 unspecified atom stereocenters. The maximum Gasteiger partial charge on any atom is 0.258 e. The molecule has 4 bridgehead atoms. The number of nitrogens with one attached hydrogen (secondary N) is 2. The Morgan fingerprint density at radius 2 is 1.97 bits per heavy atom. The van der Waals surface area contributed by atoms with Crippen LogP contribution in [0.15, 0.2) is 24.3 Å². The van der Waals surface area contributed by atoms with E-state index in [4.69, 9.17) is 4.74 Å². The number of fused-ring (bicyclic) bond motifs is 6. The second-order valence-corrected chi connectivity index (χ2v) is 9.78. The van der Waals surface area contributed by atoms with E-state index in [1.807, 2.05) is 24.3 Å². The van der Waals surface area contributed by atoms with Crippen LogP contribution in [0.5, 0.6) is 5.75 Å². The average molecular weight is 396 g/mol. The second-order valence-electron chi connectivity index (χ2n) is 9.78. The lowest BCUT2D eigenvalue weighted by atomic mass is 9.59. The van der Waals surface area contributed by atoms with Gasteiger partial charge in [-0.15, -0.1) is 0 Å². The number of carbonyl (C=O) groups is 2. The minimum atomic E-state index is -0.638. The molecule has 5 atom stereocenters. The highest BCUT2D eigenvalue weighted by molar-refractivity contribution is 5.98. The normalized spacial score (nSPS) is 42.1. The van der Waals surface area contributed by atoms with Gasteiger partial charge in [0.1, 0.15) is 5.75 Å². The molecule has 4 heterocycles. The summed E-state index contributed by atoms with van der Waals surface area (Å²) in [7, 11) is 0. The van der Waals surface area contributed by atoms with Crippen molar-refractivity contribution in [3.63, 3.8) is 0 Å². The van der Waals surface area contributed by atoms with Crippen LogP contribution in [0, 0.1) is 23.7 Å². The van der Waals surface area contributed by atoms with Crippen LogP contribution in [-0.4, -0.2) is 48.1 Å². The number of carbonyl (C=O) groups excluding carboxylic acids is 2. The van der Waals surface area contributed by atoms with E-state index in [1.165, 1.54) is 25.9 Å². The van der Waals surface area contributed by atoms with E-state index in [1.54, 1.807) is 0 Å². The number of hydrogen-bond acceptors (Lipinski definition) is 4. The number of hydrogen-bond donors (Lipinski definition) is 2. The van der Waals surface area contributed by atoms with Crippen molar-refractivity contribution in [2.24, 2.45) is 23.7 Å².